The number of carbonyl (C=O) groups is 1. The third kappa shape index (κ3) is 4.17. The van der Waals surface area contributed by atoms with E-state index >= 15 is 0 Å². The highest BCUT2D eigenvalue weighted by atomic mass is 35.5. The molecule has 2 rings (SSSR count). The van der Waals surface area contributed by atoms with Crippen LogP contribution in [0.2, 0.25) is 5.02 Å². The van der Waals surface area contributed by atoms with Crippen molar-refractivity contribution in [2.24, 2.45) is 0 Å². The molecule has 0 bridgehead atoms. The van der Waals surface area contributed by atoms with Gasteiger partial charge in [0.25, 0.3) is 0 Å². The van der Waals surface area contributed by atoms with Crippen LogP contribution in [0.3, 0.4) is 0 Å². The van der Waals surface area contributed by atoms with Crippen LogP contribution in [0.4, 0.5) is 15.9 Å². The molecular formula is C15H13ClFN3O4. The minimum atomic E-state index is -0.785. The SMILES string of the molecule is COC(=O)C(CNc1ncc(Cl)cc1[N+](=O)[O-])c1ccc(F)cc1. The smallest absolute Gasteiger partial charge is 0.314 e. The molecule has 0 aliphatic carbocycles. The number of hydrogen-bond donors (Lipinski definition) is 1. The molecule has 0 aliphatic rings. The molecule has 1 aromatic heterocycles. The molecule has 1 atom stereocenters. The number of aromatic nitrogens is 1. The summed E-state index contributed by atoms with van der Waals surface area (Å²) in [7, 11) is 1.22. The maximum Gasteiger partial charge on any atom is 0.314 e. The molecule has 1 heterocycles. The van der Waals surface area contributed by atoms with Crippen molar-refractivity contribution >= 4 is 29.1 Å². The van der Waals surface area contributed by atoms with Crippen molar-refractivity contribution in [3.63, 3.8) is 0 Å². The Morgan fingerprint density at radius 3 is 2.71 bits per heavy atom. The molecule has 7 nitrogen and oxygen atoms in total. The van der Waals surface area contributed by atoms with Gasteiger partial charge in [0.2, 0.25) is 5.82 Å². The zero-order valence-corrected chi connectivity index (χ0v) is 13.3. The van der Waals surface area contributed by atoms with Gasteiger partial charge in [-0.3, -0.25) is 14.9 Å². The van der Waals surface area contributed by atoms with Gasteiger partial charge in [-0.05, 0) is 17.7 Å². The van der Waals surface area contributed by atoms with E-state index < -0.39 is 22.6 Å². The molecule has 0 fully saturated rings. The topological polar surface area (TPSA) is 94.4 Å². The minimum absolute atomic E-state index is 0.0201. The van der Waals surface area contributed by atoms with Crippen molar-refractivity contribution < 1.29 is 18.8 Å². The Balaban J connectivity index is 2.24. The second-order valence-corrected chi connectivity index (χ2v) is 5.22. The highest BCUT2D eigenvalue weighted by Crippen LogP contribution is 2.26. The van der Waals surface area contributed by atoms with Crippen LogP contribution in [0.1, 0.15) is 11.5 Å². The fraction of sp³-hybridized carbons (Fsp3) is 0.200. The molecule has 0 saturated heterocycles. The summed E-state index contributed by atoms with van der Waals surface area (Å²) in [4.78, 5) is 26.2. The maximum absolute atomic E-state index is 13.0. The number of nitrogens with zero attached hydrogens (tertiary/aromatic N) is 2. The molecular weight excluding hydrogens is 341 g/mol. The van der Waals surface area contributed by atoms with E-state index in [1.165, 1.54) is 37.6 Å². The largest absolute Gasteiger partial charge is 0.468 e. The standard InChI is InChI=1S/C15H13ClFN3O4/c1-24-15(21)12(9-2-4-11(17)5-3-9)8-19-14-13(20(22)23)6-10(16)7-18-14/h2-7,12H,8H2,1H3,(H,18,19). The fourth-order valence-corrected chi connectivity index (χ4v) is 2.23. The van der Waals surface area contributed by atoms with E-state index in [9.17, 15) is 19.3 Å². The van der Waals surface area contributed by atoms with Crippen molar-refractivity contribution in [2.45, 2.75) is 5.92 Å². The van der Waals surface area contributed by atoms with Crippen molar-refractivity contribution in [2.75, 3.05) is 19.0 Å². The summed E-state index contributed by atoms with van der Waals surface area (Å²) in [5.41, 5.74) is 0.192. The van der Waals surface area contributed by atoms with E-state index in [1.807, 2.05) is 0 Å². The van der Waals surface area contributed by atoms with E-state index in [2.05, 4.69) is 10.3 Å². The number of pyridine rings is 1. The number of hydrogen-bond acceptors (Lipinski definition) is 6. The molecule has 1 aromatic carbocycles. The maximum atomic E-state index is 13.0. The summed E-state index contributed by atoms with van der Waals surface area (Å²) in [6.07, 6.45) is 1.25. The summed E-state index contributed by atoms with van der Waals surface area (Å²) in [6.45, 7) is -0.0201. The summed E-state index contributed by atoms with van der Waals surface area (Å²) < 4.78 is 17.8. The van der Waals surface area contributed by atoms with Gasteiger partial charge in [0, 0.05) is 18.8 Å². The lowest BCUT2D eigenvalue weighted by molar-refractivity contribution is -0.384. The van der Waals surface area contributed by atoms with E-state index in [0.29, 0.717) is 5.56 Å². The Morgan fingerprint density at radius 1 is 1.46 bits per heavy atom. The first-order chi connectivity index (χ1) is 11.4. The quantitative estimate of drug-likeness (QED) is 0.487. The van der Waals surface area contributed by atoms with Crippen molar-refractivity contribution in [3.05, 3.63) is 63.0 Å². The highest BCUT2D eigenvalue weighted by Gasteiger charge is 2.24. The van der Waals surface area contributed by atoms with Gasteiger partial charge in [-0.25, -0.2) is 9.37 Å². The molecule has 24 heavy (non-hydrogen) atoms. The van der Waals surface area contributed by atoms with Crippen LogP contribution in [-0.4, -0.2) is 29.5 Å². The Hall–Kier alpha value is -2.74. The Labute approximate surface area is 141 Å². The van der Waals surface area contributed by atoms with Gasteiger partial charge < -0.3 is 10.1 Å². The summed E-state index contributed by atoms with van der Waals surface area (Å²) in [5.74, 6) is -1.82. The minimum Gasteiger partial charge on any atom is -0.468 e. The number of esters is 1. The van der Waals surface area contributed by atoms with Crippen molar-refractivity contribution in [1.82, 2.24) is 4.98 Å². The molecule has 0 aliphatic heterocycles. The van der Waals surface area contributed by atoms with Crippen LogP contribution in [0.5, 0.6) is 0 Å². The third-order valence-corrected chi connectivity index (χ3v) is 3.47. The molecule has 9 heteroatoms. The second-order valence-electron chi connectivity index (χ2n) is 4.79. The van der Waals surface area contributed by atoms with Crippen LogP contribution in [0.15, 0.2) is 36.5 Å². The number of nitrogens with one attached hydrogen (secondary N) is 1. The van der Waals surface area contributed by atoms with Crippen LogP contribution in [0, 0.1) is 15.9 Å². The first-order valence-corrected chi connectivity index (χ1v) is 7.17. The van der Waals surface area contributed by atoms with E-state index in [1.54, 1.807) is 0 Å². The zero-order chi connectivity index (χ0) is 17.7. The Kier molecular flexibility index (Phi) is 5.64. The number of rotatable bonds is 6. The lowest BCUT2D eigenvalue weighted by Crippen LogP contribution is -2.23. The molecule has 126 valence electrons. The number of anilines is 1. The van der Waals surface area contributed by atoms with E-state index in [4.69, 9.17) is 16.3 Å². The zero-order valence-electron chi connectivity index (χ0n) is 12.5. The lowest BCUT2D eigenvalue weighted by atomic mass is 9.99. The number of halogens is 2. The summed E-state index contributed by atoms with van der Waals surface area (Å²) in [5, 5.41) is 13.9. The number of nitro groups is 1. The normalized spacial score (nSPS) is 11.6. The number of benzene rings is 1. The number of methoxy groups -OCH3 is 1. The molecule has 0 radical (unpaired) electrons. The van der Waals surface area contributed by atoms with Gasteiger partial charge in [0.05, 0.1) is 23.0 Å². The van der Waals surface area contributed by atoms with Gasteiger partial charge in [-0.1, -0.05) is 23.7 Å². The third-order valence-electron chi connectivity index (χ3n) is 3.26. The predicted octanol–water partition coefficient (Wildman–Crippen LogP) is 3.15. The fourth-order valence-electron chi connectivity index (χ4n) is 2.08. The monoisotopic (exact) mass is 353 g/mol. The van der Waals surface area contributed by atoms with Crippen molar-refractivity contribution in [1.29, 1.82) is 0 Å². The van der Waals surface area contributed by atoms with Gasteiger partial charge in [0.1, 0.15) is 5.82 Å². The first-order valence-electron chi connectivity index (χ1n) is 6.79. The Bertz CT molecular complexity index is 755. The van der Waals surface area contributed by atoms with Gasteiger partial charge in [0.15, 0.2) is 0 Å². The van der Waals surface area contributed by atoms with Crippen molar-refractivity contribution in [3.8, 4) is 0 Å². The molecule has 0 spiro atoms. The summed E-state index contributed by atoms with van der Waals surface area (Å²) >= 11 is 5.70. The average molecular weight is 354 g/mol. The Morgan fingerprint density at radius 2 is 2.12 bits per heavy atom. The van der Waals surface area contributed by atoms with Crippen LogP contribution in [-0.2, 0) is 9.53 Å². The van der Waals surface area contributed by atoms with E-state index in [-0.39, 0.29) is 23.1 Å². The number of carbonyl (C=O) groups excluding carboxylic acids is 1. The van der Waals surface area contributed by atoms with Gasteiger partial charge in [-0.2, -0.15) is 0 Å². The second kappa shape index (κ2) is 7.69. The first kappa shape index (κ1) is 17.6. The summed E-state index contributed by atoms with van der Waals surface area (Å²) in [6, 6.07) is 6.48. The molecule has 2 aromatic rings. The molecule has 0 saturated carbocycles. The van der Waals surface area contributed by atoms with Crippen LogP contribution >= 0.6 is 11.6 Å². The predicted molar refractivity (Wildman–Crippen MR) is 85.5 cm³/mol. The highest BCUT2D eigenvalue weighted by molar-refractivity contribution is 6.30. The van der Waals surface area contributed by atoms with Gasteiger partial charge in [-0.15, -0.1) is 0 Å². The van der Waals surface area contributed by atoms with Gasteiger partial charge >= 0.3 is 11.7 Å². The lowest BCUT2D eigenvalue weighted by Gasteiger charge is -2.16. The average Bonchev–Trinajstić information content (AvgIpc) is 2.57. The molecule has 1 N–H and O–H groups in total. The number of ether oxygens (including phenoxy) is 1. The van der Waals surface area contributed by atoms with Crippen LogP contribution in [0.25, 0.3) is 0 Å². The molecule has 0 amide bonds. The van der Waals surface area contributed by atoms with Crippen LogP contribution < -0.4 is 5.32 Å². The van der Waals surface area contributed by atoms with E-state index in [0.717, 1.165) is 6.07 Å². The molecule has 1 unspecified atom stereocenters.